The Hall–Kier alpha value is -1.43. The molecular weight excluding hydrogens is 244 g/mol. The number of rotatable bonds is 4. The number of aliphatic hydroxyl groups is 1. The zero-order chi connectivity index (χ0) is 13.8. The van der Waals surface area contributed by atoms with Crippen molar-refractivity contribution in [3.8, 4) is 0 Å². The van der Waals surface area contributed by atoms with E-state index in [1.165, 1.54) is 4.68 Å². The molecule has 6 nitrogen and oxygen atoms in total. The summed E-state index contributed by atoms with van der Waals surface area (Å²) in [4.78, 5) is 14.0. The first-order valence-electron chi connectivity index (χ1n) is 6.96. The lowest BCUT2D eigenvalue weighted by Crippen LogP contribution is -2.39. The minimum absolute atomic E-state index is 0.0781. The van der Waals surface area contributed by atoms with Crippen molar-refractivity contribution in [1.82, 2.24) is 19.9 Å². The second-order valence-corrected chi connectivity index (χ2v) is 5.33. The molecule has 0 saturated carbocycles. The number of carbonyl (C=O) groups is 1. The zero-order valence-corrected chi connectivity index (χ0v) is 11.6. The monoisotopic (exact) mass is 266 g/mol. The molecule has 1 fully saturated rings. The van der Waals surface area contributed by atoms with Gasteiger partial charge in [-0.2, -0.15) is 0 Å². The molecule has 0 spiro atoms. The fourth-order valence-corrected chi connectivity index (χ4v) is 2.25. The minimum atomic E-state index is -0.598. The Morgan fingerprint density at radius 1 is 1.53 bits per heavy atom. The number of piperidine rings is 1. The van der Waals surface area contributed by atoms with Crippen molar-refractivity contribution in [1.29, 1.82) is 0 Å². The van der Waals surface area contributed by atoms with E-state index in [1.807, 2.05) is 11.8 Å². The summed E-state index contributed by atoms with van der Waals surface area (Å²) in [7, 11) is 0. The number of hydrogen-bond acceptors (Lipinski definition) is 4. The van der Waals surface area contributed by atoms with Crippen LogP contribution < -0.4 is 0 Å². The van der Waals surface area contributed by atoms with Crippen molar-refractivity contribution >= 4 is 5.91 Å². The maximum Gasteiger partial charge on any atom is 0.244 e. The molecule has 1 aromatic heterocycles. The summed E-state index contributed by atoms with van der Waals surface area (Å²) >= 11 is 0. The molecule has 1 aliphatic heterocycles. The van der Waals surface area contributed by atoms with Crippen molar-refractivity contribution < 1.29 is 9.90 Å². The van der Waals surface area contributed by atoms with Crippen LogP contribution in [0.1, 0.15) is 44.9 Å². The maximum atomic E-state index is 12.1. The van der Waals surface area contributed by atoms with E-state index < -0.39 is 6.10 Å². The van der Waals surface area contributed by atoms with Gasteiger partial charge in [-0.3, -0.25) is 4.79 Å². The van der Waals surface area contributed by atoms with Crippen LogP contribution in [0, 0.1) is 5.92 Å². The largest absolute Gasteiger partial charge is 0.387 e. The molecule has 2 heterocycles. The number of aromatic nitrogens is 3. The molecule has 1 unspecified atom stereocenters. The second kappa shape index (κ2) is 6.14. The van der Waals surface area contributed by atoms with E-state index in [9.17, 15) is 9.90 Å². The number of aliphatic hydroxyl groups excluding tert-OH is 1. The van der Waals surface area contributed by atoms with Crippen molar-refractivity contribution in [2.45, 2.75) is 45.8 Å². The van der Waals surface area contributed by atoms with Crippen LogP contribution in [0.4, 0.5) is 0 Å². The highest BCUT2D eigenvalue weighted by molar-refractivity contribution is 5.75. The zero-order valence-electron chi connectivity index (χ0n) is 11.6. The molecule has 106 valence electrons. The standard InChI is InChI=1S/C13H22N4O2/c1-3-12(18)11-8-17(15-14-11)9-13(19)16-6-4-10(2)5-7-16/h8,10,12,18H,3-7,9H2,1-2H3. The molecule has 1 aliphatic rings. The first kappa shape index (κ1) is 14.0. The molecular formula is C13H22N4O2. The van der Waals surface area contributed by atoms with Crippen LogP contribution in [0.5, 0.6) is 0 Å². The highest BCUT2D eigenvalue weighted by atomic mass is 16.3. The van der Waals surface area contributed by atoms with Gasteiger partial charge < -0.3 is 10.0 Å². The average molecular weight is 266 g/mol. The summed E-state index contributed by atoms with van der Waals surface area (Å²) < 4.78 is 1.51. The quantitative estimate of drug-likeness (QED) is 0.882. The Morgan fingerprint density at radius 3 is 2.84 bits per heavy atom. The molecule has 1 saturated heterocycles. The first-order valence-corrected chi connectivity index (χ1v) is 6.96. The summed E-state index contributed by atoms with van der Waals surface area (Å²) in [5.74, 6) is 0.788. The van der Waals surface area contributed by atoms with Gasteiger partial charge in [-0.15, -0.1) is 5.10 Å². The summed E-state index contributed by atoms with van der Waals surface area (Å²) in [5.41, 5.74) is 0.530. The van der Waals surface area contributed by atoms with Gasteiger partial charge in [0, 0.05) is 13.1 Å². The van der Waals surface area contributed by atoms with E-state index in [2.05, 4.69) is 17.2 Å². The van der Waals surface area contributed by atoms with E-state index in [-0.39, 0.29) is 12.5 Å². The van der Waals surface area contributed by atoms with Gasteiger partial charge in [0.1, 0.15) is 12.2 Å². The number of hydrogen-bond donors (Lipinski definition) is 1. The van der Waals surface area contributed by atoms with E-state index in [1.54, 1.807) is 6.20 Å². The van der Waals surface area contributed by atoms with Crippen LogP contribution in [0.3, 0.4) is 0 Å². The molecule has 1 amide bonds. The second-order valence-electron chi connectivity index (χ2n) is 5.33. The van der Waals surface area contributed by atoms with Gasteiger partial charge in [0.15, 0.2) is 0 Å². The van der Waals surface area contributed by atoms with Crippen LogP contribution in [-0.4, -0.2) is 44.0 Å². The molecule has 1 N–H and O–H groups in total. The Labute approximate surface area is 113 Å². The molecule has 6 heteroatoms. The van der Waals surface area contributed by atoms with Gasteiger partial charge in [-0.1, -0.05) is 19.1 Å². The smallest absolute Gasteiger partial charge is 0.244 e. The highest BCUT2D eigenvalue weighted by Crippen LogP contribution is 2.16. The molecule has 0 bridgehead atoms. The lowest BCUT2D eigenvalue weighted by atomic mass is 9.99. The van der Waals surface area contributed by atoms with Gasteiger partial charge >= 0.3 is 0 Å². The van der Waals surface area contributed by atoms with Crippen molar-refractivity contribution in [3.05, 3.63) is 11.9 Å². The number of amides is 1. The van der Waals surface area contributed by atoms with Crippen molar-refractivity contribution in [2.75, 3.05) is 13.1 Å². The summed E-state index contributed by atoms with van der Waals surface area (Å²) in [6, 6.07) is 0. The summed E-state index contributed by atoms with van der Waals surface area (Å²) in [6.07, 6.45) is 3.79. The normalized spacial score (nSPS) is 18.6. The summed E-state index contributed by atoms with van der Waals surface area (Å²) in [5, 5.41) is 17.4. The maximum absolute atomic E-state index is 12.1. The lowest BCUT2D eigenvalue weighted by molar-refractivity contribution is -0.133. The van der Waals surface area contributed by atoms with Gasteiger partial charge in [0.2, 0.25) is 5.91 Å². The van der Waals surface area contributed by atoms with Crippen LogP contribution in [-0.2, 0) is 11.3 Å². The predicted molar refractivity (Wildman–Crippen MR) is 70.3 cm³/mol. The number of nitrogens with zero attached hydrogens (tertiary/aromatic N) is 4. The SMILES string of the molecule is CCC(O)c1cn(CC(=O)N2CCC(C)CC2)nn1. The number of likely N-dealkylation sites (tertiary alicyclic amines) is 1. The first-order chi connectivity index (χ1) is 9.10. The Balaban J connectivity index is 1.90. The van der Waals surface area contributed by atoms with Crippen molar-refractivity contribution in [2.24, 2.45) is 5.92 Å². The molecule has 19 heavy (non-hydrogen) atoms. The van der Waals surface area contributed by atoms with Gasteiger partial charge in [-0.05, 0) is 25.2 Å². The third-order valence-electron chi connectivity index (χ3n) is 3.72. The Morgan fingerprint density at radius 2 is 2.21 bits per heavy atom. The fourth-order valence-electron chi connectivity index (χ4n) is 2.25. The molecule has 0 aliphatic carbocycles. The molecule has 1 aromatic rings. The van der Waals surface area contributed by atoms with Crippen molar-refractivity contribution in [3.63, 3.8) is 0 Å². The molecule has 1 atom stereocenters. The van der Waals surface area contributed by atoms with E-state index in [0.717, 1.165) is 25.9 Å². The van der Waals surface area contributed by atoms with Crippen LogP contribution >= 0.6 is 0 Å². The third-order valence-corrected chi connectivity index (χ3v) is 3.72. The van der Waals surface area contributed by atoms with Gasteiger partial charge in [0.05, 0.1) is 12.3 Å². The summed E-state index contributed by atoms with van der Waals surface area (Å²) in [6.45, 7) is 5.97. The van der Waals surface area contributed by atoms with Crippen LogP contribution in [0.15, 0.2) is 6.20 Å². The predicted octanol–water partition coefficient (Wildman–Crippen LogP) is 0.980. The topological polar surface area (TPSA) is 71.2 Å². The van der Waals surface area contributed by atoms with Gasteiger partial charge in [-0.25, -0.2) is 4.68 Å². The van der Waals surface area contributed by atoms with Gasteiger partial charge in [0.25, 0.3) is 0 Å². The minimum Gasteiger partial charge on any atom is -0.387 e. The van der Waals surface area contributed by atoms with Crippen LogP contribution in [0.25, 0.3) is 0 Å². The Bertz CT molecular complexity index is 424. The average Bonchev–Trinajstić information content (AvgIpc) is 2.87. The number of carbonyl (C=O) groups excluding carboxylic acids is 1. The molecule has 0 aromatic carbocycles. The third kappa shape index (κ3) is 3.53. The van der Waals surface area contributed by atoms with Crippen LogP contribution in [0.2, 0.25) is 0 Å². The highest BCUT2D eigenvalue weighted by Gasteiger charge is 2.21. The van der Waals surface area contributed by atoms with E-state index in [4.69, 9.17) is 0 Å². The van der Waals surface area contributed by atoms with E-state index >= 15 is 0 Å². The Kier molecular flexibility index (Phi) is 4.52. The molecule has 0 radical (unpaired) electrons. The van der Waals surface area contributed by atoms with E-state index in [0.29, 0.717) is 18.0 Å². The molecule has 2 rings (SSSR count). The fraction of sp³-hybridized carbons (Fsp3) is 0.769. The lowest BCUT2D eigenvalue weighted by Gasteiger charge is -2.30.